The van der Waals surface area contributed by atoms with Gasteiger partial charge in [0.2, 0.25) is 5.91 Å². The summed E-state index contributed by atoms with van der Waals surface area (Å²) in [6.45, 7) is 4.10. The minimum Gasteiger partial charge on any atom is -0.379 e. The molecule has 1 aliphatic carbocycles. The summed E-state index contributed by atoms with van der Waals surface area (Å²) in [7, 11) is 0. The normalized spacial score (nSPS) is 17.8. The number of benzene rings is 1. The molecule has 1 amide bonds. The zero-order chi connectivity index (χ0) is 16.6. The van der Waals surface area contributed by atoms with Crippen LogP contribution in [0.2, 0.25) is 0 Å². The highest BCUT2D eigenvalue weighted by Gasteiger charge is 2.44. The van der Waals surface area contributed by atoms with Gasteiger partial charge < -0.3 is 15.6 Å². The quantitative estimate of drug-likeness (QED) is 0.765. The lowest BCUT2D eigenvalue weighted by Gasteiger charge is -2.08. The van der Waals surface area contributed by atoms with Gasteiger partial charge in [-0.05, 0) is 42.5 Å². The molecule has 124 valence electrons. The number of rotatable bonds is 6. The topological polar surface area (TPSA) is 69.3 Å². The first-order valence-electron chi connectivity index (χ1n) is 8.46. The van der Waals surface area contributed by atoms with Crippen molar-refractivity contribution in [3.05, 3.63) is 42.1 Å². The Morgan fingerprint density at radius 3 is 2.92 bits per heavy atom. The van der Waals surface area contributed by atoms with Crippen molar-refractivity contribution in [2.24, 2.45) is 10.4 Å². The van der Waals surface area contributed by atoms with Crippen molar-refractivity contribution < 1.29 is 4.79 Å². The molecule has 1 fully saturated rings. The van der Waals surface area contributed by atoms with Gasteiger partial charge in [-0.1, -0.05) is 19.1 Å². The van der Waals surface area contributed by atoms with Crippen LogP contribution in [0.5, 0.6) is 0 Å². The lowest BCUT2D eigenvalue weighted by atomic mass is 10.1. The largest absolute Gasteiger partial charge is 0.379 e. The molecule has 3 N–H and O–H groups in total. The van der Waals surface area contributed by atoms with Gasteiger partial charge >= 0.3 is 0 Å². The van der Waals surface area contributed by atoms with Crippen LogP contribution in [-0.4, -0.2) is 29.7 Å². The number of nitrogens with zero attached hydrogens (tertiary/aromatic N) is 1. The summed E-state index contributed by atoms with van der Waals surface area (Å²) < 4.78 is 0. The maximum Gasteiger partial charge on any atom is 0.226 e. The Labute approximate surface area is 141 Å². The molecule has 1 aromatic carbocycles. The number of H-pyrrole nitrogens is 1. The first-order chi connectivity index (χ1) is 11.6. The number of hydrogen-bond acceptors (Lipinski definition) is 3. The summed E-state index contributed by atoms with van der Waals surface area (Å²) in [5.74, 6) is 0.161. The molecule has 0 unspecified atom stereocenters. The number of aliphatic imine (C=N–C) groups is 1. The van der Waals surface area contributed by atoms with Crippen LogP contribution in [0.1, 0.15) is 25.5 Å². The Morgan fingerprint density at radius 1 is 1.29 bits per heavy atom. The first kappa shape index (κ1) is 15.0. The van der Waals surface area contributed by atoms with Gasteiger partial charge in [0.1, 0.15) is 0 Å². The van der Waals surface area contributed by atoms with Crippen molar-refractivity contribution in [3.8, 4) is 0 Å². The van der Waals surface area contributed by atoms with E-state index in [-0.39, 0.29) is 11.3 Å². The van der Waals surface area contributed by atoms with E-state index in [1.54, 1.807) is 0 Å². The molecule has 24 heavy (non-hydrogen) atoms. The van der Waals surface area contributed by atoms with Gasteiger partial charge in [0.25, 0.3) is 0 Å². The zero-order valence-corrected chi connectivity index (χ0v) is 13.9. The van der Waals surface area contributed by atoms with Crippen LogP contribution >= 0.6 is 0 Å². The number of amides is 1. The van der Waals surface area contributed by atoms with E-state index in [9.17, 15) is 4.79 Å². The zero-order valence-electron chi connectivity index (χ0n) is 13.9. The molecule has 1 aliphatic heterocycles. The van der Waals surface area contributed by atoms with Gasteiger partial charge in [0.15, 0.2) is 0 Å². The van der Waals surface area contributed by atoms with Crippen molar-refractivity contribution in [2.75, 3.05) is 18.4 Å². The fourth-order valence-corrected chi connectivity index (χ4v) is 2.91. The third kappa shape index (κ3) is 3.07. The molecule has 0 radical (unpaired) electrons. The fraction of sp³-hybridized carbons (Fsp3) is 0.368. The predicted molar refractivity (Wildman–Crippen MR) is 97.4 cm³/mol. The number of aromatic nitrogens is 1. The molecule has 0 bridgehead atoms. The van der Waals surface area contributed by atoms with Crippen LogP contribution < -0.4 is 10.6 Å². The molecule has 0 atom stereocenters. The minimum absolute atomic E-state index is 0.124. The van der Waals surface area contributed by atoms with E-state index in [0.717, 1.165) is 53.9 Å². The summed E-state index contributed by atoms with van der Waals surface area (Å²) in [6.07, 6.45) is 6.12. The Bertz CT molecular complexity index is 842. The predicted octanol–water partition coefficient (Wildman–Crippen LogP) is 3.01. The van der Waals surface area contributed by atoms with E-state index < -0.39 is 0 Å². The first-order valence-corrected chi connectivity index (χ1v) is 8.46. The second-order valence-corrected chi connectivity index (χ2v) is 6.93. The Hall–Kier alpha value is -2.56. The fourth-order valence-electron chi connectivity index (χ4n) is 2.91. The number of anilines is 1. The van der Waals surface area contributed by atoms with Crippen LogP contribution in [0.3, 0.4) is 0 Å². The number of hydrogen-bond donors (Lipinski definition) is 3. The van der Waals surface area contributed by atoms with E-state index >= 15 is 0 Å². The highest BCUT2D eigenvalue weighted by molar-refractivity contribution is 5.99. The molecule has 1 aromatic heterocycles. The van der Waals surface area contributed by atoms with Gasteiger partial charge in [-0.15, -0.1) is 0 Å². The lowest BCUT2D eigenvalue weighted by molar-refractivity contribution is -0.125. The molecule has 5 heteroatoms. The van der Waals surface area contributed by atoms with Gasteiger partial charge in [-0.2, -0.15) is 0 Å². The van der Waals surface area contributed by atoms with Gasteiger partial charge in [0.05, 0.1) is 25.3 Å². The highest BCUT2D eigenvalue weighted by Crippen LogP contribution is 2.45. The third-order valence-electron chi connectivity index (χ3n) is 4.85. The molecule has 2 aromatic rings. The van der Waals surface area contributed by atoms with Crippen molar-refractivity contribution in [2.45, 2.75) is 26.3 Å². The molecule has 1 saturated carbocycles. The maximum absolute atomic E-state index is 12.0. The van der Waals surface area contributed by atoms with Crippen molar-refractivity contribution in [3.63, 3.8) is 0 Å². The highest BCUT2D eigenvalue weighted by atomic mass is 16.2. The number of carbonyl (C=O) groups is 1. The number of fused-ring (bicyclic) bond motifs is 1. The van der Waals surface area contributed by atoms with Crippen LogP contribution in [0.15, 0.2) is 41.4 Å². The minimum atomic E-state index is -0.124. The number of nitrogens with one attached hydrogen (secondary N) is 3. The van der Waals surface area contributed by atoms with E-state index in [4.69, 9.17) is 0 Å². The van der Waals surface area contributed by atoms with Gasteiger partial charge in [0, 0.05) is 22.3 Å². The Morgan fingerprint density at radius 2 is 2.17 bits per heavy atom. The van der Waals surface area contributed by atoms with Crippen molar-refractivity contribution in [1.82, 2.24) is 10.3 Å². The average molecular weight is 322 g/mol. The molecule has 0 spiro atoms. The standard InChI is InChI=1S/C19H22N4O/c1-19(6-7-19)18(24)22-12-16-9-13-4-5-14(10-17(13)23-16)21-11-15-3-2-8-20-15/h2-5,9-10,21,23H,6-8,11-12H2,1H3,(H,22,24). The van der Waals surface area contributed by atoms with Crippen LogP contribution in [0, 0.1) is 5.41 Å². The second kappa shape index (κ2) is 5.82. The van der Waals surface area contributed by atoms with E-state index in [1.165, 1.54) is 0 Å². The third-order valence-corrected chi connectivity index (χ3v) is 4.85. The monoisotopic (exact) mass is 322 g/mol. The summed E-state index contributed by atoms with van der Waals surface area (Å²) in [4.78, 5) is 19.8. The van der Waals surface area contributed by atoms with E-state index in [2.05, 4.69) is 57.0 Å². The summed E-state index contributed by atoms with van der Waals surface area (Å²) in [5, 5.41) is 7.58. The Balaban J connectivity index is 1.41. The van der Waals surface area contributed by atoms with Gasteiger partial charge in [-0.3, -0.25) is 9.79 Å². The number of carbonyl (C=O) groups excluding carboxylic acids is 1. The summed E-state index contributed by atoms with van der Waals surface area (Å²) in [5.41, 5.74) is 4.13. The van der Waals surface area contributed by atoms with Gasteiger partial charge in [-0.25, -0.2) is 0 Å². The lowest BCUT2D eigenvalue weighted by Crippen LogP contribution is -2.29. The van der Waals surface area contributed by atoms with Crippen molar-refractivity contribution >= 4 is 28.2 Å². The molecule has 0 saturated heterocycles. The summed E-state index contributed by atoms with van der Waals surface area (Å²) >= 11 is 0. The molecule has 2 heterocycles. The molecular weight excluding hydrogens is 300 g/mol. The van der Waals surface area contributed by atoms with E-state index in [1.807, 2.05) is 6.92 Å². The SMILES string of the molecule is CC1(C(=O)NCc2cc3ccc(NCC4=NCC=C4)cc3[nH]2)CC1. The van der Waals surface area contributed by atoms with Crippen LogP contribution in [0.25, 0.3) is 10.9 Å². The summed E-state index contributed by atoms with van der Waals surface area (Å²) in [6, 6.07) is 8.36. The van der Waals surface area contributed by atoms with E-state index in [0.29, 0.717) is 6.54 Å². The van der Waals surface area contributed by atoms with Crippen molar-refractivity contribution in [1.29, 1.82) is 0 Å². The Kier molecular flexibility index (Phi) is 3.63. The molecular formula is C19H22N4O. The molecule has 2 aliphatic rings. The number of aromatic amines is 1. The molecule has 4 rings (SSSR count). The smallest absolute Gasteiger partial charge is 0.226 e. The van der Waals surface area contributed by atoms with Crippen LogP contribution in [-0.2, 0) is 11.3 Å². The maximum atomic E-state index is 12.0. The second-order valence-electron chi connectivity index (χ2n) is 6.93. The van der Waals surface area contributed by atoms with Crippen LogP contribution in [0.4, 0.5) is 5.69 Å². The average Bonchev–Trinajstić information content (AvgIpc) is 3.03. The molecule has 5 nitrogen and oxygen atoms in total.